The third-order valence-electron chi connectivity index (χ3n) is 3.67. The Morgan fingerprint density at radius 3 is 2.57 bits per heavy atom. The maximum Gasteiger partial charge on any atom is 0.407 e. The van der Waals surface area contributed by atoms with Gasteiger partial charge in [0.15, 0.2) is 0 Å². The monoisotopic (exact) mass is 326 g/mol. The first-order valence-electron chi connectivity index (χ1n) is 6.56. The van der Waals surface area contributed by atoms with E-state index in [1.165, 1.54) is 16.2 Å². The highest BCUT2D eigenvalue weighted by atomic mass is 32.2. The fourth-order valence-electron chi connectivity index (χ4n) is 2.47. The zero-order valence-corrected chi connectivity index (χ0v) is 12.7. The highest BCUT2D eigenvalue weighted by Gasteiger charge is 2.34. The normalized spacial score (nSPS) is 17.2. The predicted molar refractivity (Wildman–Crippen MR) is 79.4 cm³/mol. The average molecular weight is 326 g/mol. The second-order valence-electron chi connectivity index (χ2n) is 4.96. The van der Waals surface area contributed by atoms with E-state index in [0.29, 0.717) is 18.4 Å². The number of rotatable bonds is 2. The van der Waals surface area contributed by atoms with E-state index in [-0.39, 0.29) is 17.4 Å². The number of fused-ring (bicyclic) bond motifs is 1. The molecule has 1 aromatic heterocycles. The van der Waals surface area contributed by atoms with Gasteiger partial charge < -0.3 is 10.0 Å². The van der Waals surface area contributed by atoms with Crippen molar-refractivity contribution in [2.24, 2.45) is 0 Å². The molecule has 1 aliphatic heterocycles. The molecule has 3 rings (SSSR count). The number of aromatic nitrogens is 1. The first-order valence-corrected chi connectivity index (χ1v) is 8.92. The van der Waals surface area contributed by atoms with Gasteiger partial charge >= 0.3 is 6.09 Å². The molecule has 6 nitrogen and oxygen atoms in total. The smallest absolute Gasteiger partial charge is 0.407 e. The van der Waals surface area contributed by atoms with Crippen LogP contribution >= 0.6 is 11.3 Å². The standard InChI is InChI=1S/C13H14N2O4S2/c16-13(17)15-7-5-9(6-8-15)21(18,19)12-14-10-3-1-2-4-11(10)20-12/h1-4,9H,5-8H2,(H,16,17). The molecule has 1 amide bonds. The molecule has 1 saturated heterocycles. The Kier molecular flexibility index (Phi) is 3.58. The van der Waals surface area contributed by atoms with Crippen molar-refractivity contribution in [3.8, 4) is 0 Å². The SMILES string of the molecule is O=C(O)N1CCC(S(=O)(=O)c2nc3ccccc3s2)CC1. The van der Waals surface area contributed by atoms with Crippen molar-refractivity contribution in [3.63, 3.8) is 0 Å². The summed E-state index contributed by atoms with van der Waals surface area (Å²) in [7, 11) is -3.49. The Morgan fingerprint density at radius 2 is 1.95 bits per heavy atom. The van der Waals surface area contributed by atoms with Crippen molar-refractivity contribution in [3.05, 3.63) is 24.3 Å². The zero-order valence-electron chi connectivity index (χ0n) is 11.1. The molecule has 2 heterocycles. The summed E-state index contributed by atoms with van der Waals surface area (Å²) < 4.78 is 26.2. The number of likely N-dealkylation sites (tertiary alicyclic amines) is 1. The molecule has 0 unspecified atom stereocenters. The first kappa shape index (κ1) is 14.3. The van der Waals surface area contributed by atoms with Crippen molar-refractivity contribution >= 4 is 37.5 Å². The van der Waals surface area contributed by atoms with E-state index in [2.05, 4.69) is 4.98 Å². The fourth-order valence-corrected chi connectivity index (χ4v) is 5.65. The van der Waals surface area contributed by atoms with Crippen LogP contribution in [0.25, 0.3) is 10.2 Å². The van der Waals surface area contributed by atoms with E-state index >= 15 is 0 Å². The topological polar surface area (TPSA) is 87.6 Å². The molecule has 0 saturated carbocycles. The molecule has 2 aromatic rings. The van der Waals surface area contributed by atoms with Gasteiger partial charge in [0, 0.05) is 13.1 Å². The summed E-state index contributed by atoms with van der Waals surface area (Å²) in [4.78, 5) is 16.3. The minimum Gasteiger partial charge on any atom is -0.465 e. The lowest BCUT2D eigenvalue weighted by Crippen LogP contribution is -2.41. The van der Waals surface area contributed by atoms with Gasteiger partial charge in [0.2, 0.25) is 14.2 Å². The Bertz CT molecular complexity index is 743. The first-order chi connectivity index (χ1) is 9.98. The van der Waals surface area contributed by atoms with Gasteiger partial charge in [-0.2, -0.15) is 0 Å². The minimum atomic E-state index is -3.49. The van der Waals surface area contributed by atoms with Crippen LogP contribution < -0.4 is 0 Å². The number of hydrogen-bond donors (Lipinski definition) is 1. The molecular weight excluding hydrogens is 312 g/mol. The van der Waals surface area contributed by atoms with Crippen molar-refractivity contribution in [1.29, 1.82) is 0 Å². The summed E-state index contributed by atoms with van der Waals surface area (Å²) in [6.45, 7) is 0.508. The number of thiazole rings is 1. The van der Waals surface area contributed by atoms with Gasteiger partial charge in [0.25, 0.3) is 0 Å². The van der Waals surface area contributed by atoms with Crippen LogP contribution in [0.5, 0.6) is 0 Å². The molecule has 1 aliphatic rings. The highest BCUT2D eigenvalue weighted by molar-refractivity contribution is 7.94. The quantitative estimate of drug-likeness (QED) is 0.914. The van der Waals surface area contributed by atoms with E-state index in [1.807, 2.05) is 18.2 Å². The molecule has 21 heavy (non-hydrogen) atoms. The summed E-state index contributed by atoms with van der Waals surface area (Å²) in [6, 6.07) is 7.31. The molecule has 0 radical (unpaired) electrons. The van der Waals surface area contributed by atoms with Crippen LogP contribution in [0.1, 0.15) is 12.8 Å². The van der Waals surface area contributed by atoms with Crippen LogP contribution in [0.2, 0.25) is 0 Å². The van der Waals surface area contributed by atoms with E-state index in [4.69, 9.17) is 5.11 Å². The summed E-state index contributed by atoms with van der Waals surface area (Å²) in [5.41, 5.74) is 0.684. The largest absolute Gasteiger partial charge is 0.465 e. The van der Waals surface area contributed by atoms with E-state index in [9.17, 15) is 13.2 Å². The maximum absolute atomic E-state index is 12.6. The Hall–Kier alpha value is -1.67. The Morgan fingerprint density at radius 1 is 1.29 bits per heavy atom. The molecule has 1 aromatic carbocycles. The number of carboxylic acid groups (broad SMARTS) is 1. The maximum atomic E-state index is 12.6. The number of carbonyl (C=O) groups is 1. The number of hydrogen-bond acceptors (Lipinski definition) is 5. The van der Waals surface area contributed by atoms with Crippen molar-refractivity contribution in [2.75, 3.05) is 13.1 Å². The lowest BCUT2D eigenvalue weighted by molar-refractivity contribution is 0.136. The number of nitrogens with zero attached hydrogens (tertiary/aromatic N) is 2. The van der Waals surface area contributed by atoms with Gasteiger partial charge in [0.05, 0.1) is 15.5 Å². The van der Waals surface area contributed by atoms with Crippen molar-refractivity contribution in [2.45, 2.75) is 22.4 Å². The third-order valence-corrected chi connectivity index (χ3v) is 7.37. The third kappa shape index (κ3) is 2.60. The predicted octanol–water partition coefficient (Wildman–Crippen LogP) is 2.21. The van der Waals surface area contributed by atoms with Crippen LogP contribution in [-0.4, -0.2) is 47.8 Å². The summed E-state index contributed by atoms with van der Waals surface area (Å²) in [6.07, 6.45) is -0.347. The molecule has 1 N–H and O–H groups in total. The summed E-state index contributed by atoms with van der Waals surface area (Å²) in [5, 5.41) is 8.36. The molecule has 0 atom stereocenters. The van der Waals surface area contributed by atoms with Gasteiger partial charge in [-0.15, -0.1) is 11.3 Å². The molecule has 0 spiro atoms. The van der Waals surface area contributed by atoms with Gasteiger partial charge in [-0.1, -0.05) is 12.1 Å². The van der Waals surface area contributed by atoms with Crippen LogP contribution in [0.4, 0.5) is 4.79 Å². The van der Waals surface area contributed by atoms with Crippen LogP contribution in [0, 0.1) is 0 Å². The average Bonchev–Trinajstić information content (AvgIpc) is 2.92. The lowest BCUT2D eigenvalue weighted by Gasteiger charge is -2.29. The Labute approximate surface area is 125 Å². The highest BCUT2D eigenvalue weighted by Crippen LogP contribution is 2.30. The van der Waals surface area contributed by atoms with E-state index in [1.54, 1.807) is 6.07 Å². The van der Waals surface area contributed by atoms with Gasteiger partial charge in [-0.05, 0) is 25.0 Å². The number of amides is 1. The minimum absolute atomic E-state index is 0.137. The van der Waals surface area contributed by atoms with E-state index < -0.39 is 21.2 Å². The van der Waals surface area contributed by atoms with Crippen molar-refractivity contribution < 1.29 is 18.3 Å². The molecular formula is C13H14N2O4S2. The second kappa shape index (κ2) is 5.27. The van der Waals surface area contributed by atoms with Crippen LogP contribution in [0.3, 0.4) is 0 Å². The Balaban J connectivity index is 1.85. The zero-order chi connectivity index (χ0) is 15.0. The van der Waals surface area contributed by atoms with E-state index in [0.717, 1.165) is 4.70 Å². The molecule has 0 aliphatic carbocycles. The number of piperidine rings is 1. The molecule has 112 valence electrons. The molecule has 8 heteroatoms. The molecule has 0 bridgehead atoms. The van der Waals surface area contributed by atoms with Gasteiger partial charge in [-0.25, -0.2) is 18.2 Å². The lowest BCUT2D eigenvalue weighted by atomic mass is 10.1. The summed E-state index contributed by atoms with van der Waals surface area (Å²) in [5.74, 6) is 0. The van der Waals surface area contributed by atoms with Gasteiger partial charge in [0.1, 0.15) is 0 Å². The van der Waals surface area contributed by atoms with Gasteiger partial charge in [-0.3, -0.25) is 0 Å². The fraction of sp³-hybridized carbons (Fsp3) is 0.385. The van der Waals surface area contributed by atoms with Crippen molar-refractivity contribution in [1.82, 2.24) is 9.88 Å². The number of benzene rings is 1. The van der Waals surface area contributed by atoms with Crippen LogP contribution in [0.15, 0.2) is 28.6 Å². The van der Waals surface area contributed by atoms with Crippen LogP contribution in [-0.2, 0) is 9.84 Å². The summed E-state index contributed by atoms with van der Waals surface area (Å²) >= 11 is 1.18. The molecule has 1 fully saturated rings. The number of para-hydroxylation sites is 1. The second-order valence-corrected chi connectivity index (χ2v) is 8.39. The number of sulfone groups is 1.